The molecule has 0 N–H and O–H groups in total. The molecule has 1 aromatic rings. The van der Waals surface area contributed by atoms with Crippen molar-refractivity contribution in [3.05, 3.63) is 22.2 Å². The standard InChI is InChI=1S/C16H23BrO3/c1-5-7-8-11(6-2)15(18)12-9-10-13(19-3)14(17)16(12)20-4/h9-11H,5-8H2,1-4H3. The highest BCUT2D eigenvalue weighted by atomic mass is 79.9. The minimum absolute atomic E-state index is 0.0594. The normalized spacial score (nSPS) is 12.1. The number of methoxy groups -OCH3 is 2. The molecule has 0 aromatic heterocycles. The van der Waals surface area contributed by atoms with E-state index >= 15 is 0 Å². The summed E-state index contributed by atoms with van der Waals surface area (Å²) in [7, 11) is 3.17. The maximum atomic E-state index is 12.7. The maximum absolute atomic E-state index is 12.7. The molecule has 0 saturated carbocycles. The van der Waals surface area contributed by atoms with Gasteiger partial charge in [0.05, 0.1) is 19.8 Å². The predicted molar refractivity (Wildman–Crippen MR) is 84.9 cm³/mol. The van der Waals surface area contributed by atoms with Gasteiger partial charge in [0.25, 0.3) is 0 Å². The van der Waals surface area contributed by atoms with Crippen LogP contribution in [0, 0.1) is 5.92 Å². The summed E-state index contributed by atoms with van der Waals surface area (Å²) < 4.78 is 11.3. The fourth-order valence-corrected chi connectivity index (χ4v) is 2.95. The van der Waals surface area contributed by atoms with E-state index in [1.165, 1.54) is 0 Å². The number of halogens is 1. The van der Waals surface area contributed by atoms with Crippen LogP contribution in [0.5, 0.6) is 11.5 Å². The summed E-state index contributed by atoms with van der Waals surface area (Å²) in [5.41, 5.74) is 0.628. The Bertz CT molecular complexity index is 457. The van der Waals surface area contributed by atoms with Gasteiger partial charge in [0.15, 0.2) is 5.78 Å². The molecule has 1 atom stereocenters. The molecule has 0 fully saturated rings. The van der Waals surface area contributed by atoms with E-state index in [-0.39, 0.29) is 11.7 Å². The molecule has 0 aliphatic rings. The monoisotopic (exact) mass is 342 g/mol. The van der Waals surface area contributed by atoms with Crippen LogP contribution < -0.4 is 9.47 Å². The van der Waals surface area contributed by atoms with Crippen LogP contribution in [0.2, 0.25) is 0 Å². The molecule has 4 heteroatoms. The van der Waals surface area contributed by atoms with E-state index in [9.17, 15) is 4.79 Å². The van der Waals surface area contributed by atoms with Gasteiger partial charge in [-0.05, 0) is 40.9 Å². The summed E-state index contributed by atoms with van der Waals surface area (Å²) in [5.74, 6) is 1.44. The molecule has 112 valence electrons. The van der Waals surface area contributed by atoms with Gasteiger partial charge in [-0.25, -0.2) is 0 Å². The van der Waals surface area contributed by atoms with Crippen LogP contribution in [0.15, 0.2) is 16.6 Å². The summed E-state index contributed by atoms with van der Waals surface area (Å²) in [5, 5.41) is 0. The van der Waals surface area contributed by atoms with Gasteiger partial charge in [-0.1, -0.05) is 26.7 Å². The van der Waals surface area contributed by atoms with Crippen LogP contribution in [0.25, 0.3) is 0 Å². The summed E-state index contributed by atoms with van der Waals surface area (Å²) >= 11 is 3.44. The van der Waals surface area contributed by atoms with Crippen molar-refractivity contribution in [2.24, 2.45) is 5.92 Å². The van der Waals surface area contributed by atoms with Gasteiger partial charge in [-0.15, -0.1) is 0 Å². The molecule has 0 radical (unpaired) electrons. The van der Waals surface area contributed by atoms with Gasteiger partial charge in [0.2, 0.25) is 0 Å². The number of ketones is 1. The molecule has 1 unspecified atom stereocenters. The van der Waals surface area contributed by atoms with Gasteiger partial charge in [-0.2, -0.15) is 0 Å². The van der Waals surface area contributed by atoms with E-state index in [1.54, 1.807) is 26.4 Å². The third-order valence-electron chi connectivity index (χ3n) is 3.52. The number of benzene rings is 1. The number of ether oxygens (including phenoxy) is 2. The Morgan fingerprint density at radius 3 is 2.45 bits per heavy atom. The number of carbonyl (C=O) groups is 1. The van der Waals surface area contributed by atoms with Crippen LogP contribution in [0.3, 0.4) is 0 Å². The Balaban J connectivity index is 3.11. The van der Waals surface area contributed by atoms with Gasteiger partial charge >= 0.3 is 0 Å². The number of carbonyl (C=O) groups excluding carboxylic acids is 1. The van der Waals surface area contributed by atoms with Crippen LogP contribution in [0.4, 0.5) is 0 Å². The zero-order valence-corrected chi connectivity index (χ0v) is 14.2. The zero-order valence-electron chi connectivity index (χ0n) is 12.7. The van der Waals surface area contributed by atoms with Crippen molar-refractivity contribution >= 4 is 21.7 Å². The van der Waals surface area contributed by atoms with Crippen molar-refractivity contribution in [3.8, 4) is 11.5 Å². The van der Waals surface area contributed by atoms with Gasteiger partial charge in [0, 0.05) is 5.92 Å². The second-order valence-corrected chi connectivity index (χ2v) is 5.57. The van der Waals surface area contributed by atoms with Gasteiger partial charge in [0.1, 0.15) is 16.0 Å². The molecular formula is C16H23BrO3. The van der Waals surface area contributed by atoms with Crippen LogP contribution in [-0.2, 0) is 0 Å². The maximum Gasteiger partial charge on any atom is 0.169 e. The number of rotatable bonds is 8. The third kappa shape index (κ3) is 3.75. The Labute approximate surface area is 129 Å². The van der Waals surface area contributed by atoms with Crippen molar-refractivity contribution in [2.45, 2.75) is 39.5 Å². The molecule has 0 amide bonds. The van der Waals surface area contributed by atoms with E-state index in [2.05, 4.69) is 29.8 Å². The first-order valence-electron chi connectivity index (χ1n) is 7.05. The van der Waals surface area contributed by atoms with Gasteiger partial charge < -0.3 is 9.47 Å². The van der Waals surface area contributed by atoms with E-state index in [1.807, 2.05) is 0 Å². The predicted octanol–water partition coefficient (Wildman–Crippen LogP) is 4.87. The lowest BCUT2D eigenvalue weighted by molar-refractivity contribution is 0.0905. The number of Topliss-reactive ketones (excluding diaryl/α,β-unsaturated/α-hetero) is 1. The highest BCUT2D eigenvalue weighted by Crippen LogP contribution is 2.38. The highest BCUT2D eigenvalue weighted by Gasteiger charge is 2.23. The van der Waals surface area contributed by atoms with Crippen molar-refractivity contribution in [1.82, 2.24) is 0 Å². The van der Waals surface area contributed by atoms with E-state index < -0.39 is 0 Å². The average Bonchev–Trinajstić information content (AvgIpc) is 2.47. The number of hydrogen-bond acceptors (Lipinski definition) is 3. The fourth-order valence-electron chi connectivity index (χ4n) is 2.28. The third-order valence-corrected chi connectivity index (χ3v) is 4.27. The lowest BCUT2D eigenvalue weighted by Gasteiger charge is -2.17. The van der Waals surface area contributed by atoms with Crippen molar-refractivity contribution in [1.29, 1.82) is 0 Å². The lowest BCUT2D eigenvalue weighted by Crippen LogP contribution is -2.15. The summed E-state index contributed by atoms with van der Waals surface area (Å²) in [6, 6.07) is 3.59. The first kappa shape index (κ1) is 17.0. The molecule has 0 spiro atoms. The minimum atomic E-state index is 0.0594. The summed E-state index contributed by atoms with van der Waals surface area (Å²) in [6.45, 7) is 4.20. The minimum Gasteiger partial charge on any atom is -0.495 e. The fraction of sp³-hybridized carbons (Fsp3) is 0.562. The largest absolute Gasteiger partial charge is 0.495 e. The first-order chi connectivity index (χ1) is 9.60. The van der Waals surface area contributed by atoms with Gasteiger partial charge in [-0.3, -0.25) is 4.79 Å². The summed E-state index contributed by atoms with van der Waals surface area (Å²) in [4.78, 5) is 12.7. The Morgan fingerprint density at radius 1 is 1.25 bits per heavy atom. The van der Waals surface area contributed by atoms with E-state index in [4.69, 9.17) is 9.47 Å². The van der Waals surface area contributed by atoms with Crippen molar-refractivity contribution < 1.29 is 14.3 Å². The summed E-state index contributed by atoms with van der Waals surface area (Å²) in [6.07, 6.45) is 3.96. The Kier molecular flexibility index (Phi) is 7.06. The van der Waals surface area contributed by atoms with Crippen LogP contribution in [0.1, 0.15) is 49.9 Å². The highest BCUT2D eigenvalue weighted by molar-refractivity contribution is 9.10. The van der Waals surface area contributed by atoms with Crippen molar-refractivity contribution in [3.63, 3.8) is 0 Å². The topological polar surface area (TPSA) is 35.5 Å². The van der Waals surface area contributed by atoms with Crippen LogP contribution in [-0.4, -0.2) is 20.0 Å². The Morgan fingerprint density at radius 2 is 1.95 bits per heavy atom. The zero-order chi connectivity index (χ0) is 15.1. The average molecular weight is 343 g/mol. The molecule has 0 aliphatic carbocycles. The molecule has 1 rings (SSSR count). The molecule has 1 aromatic carbocycles. The Hall–Kier alpha value is -1.03. The molecular weight excluding hydrogens is 320 g/mol. The smallest absolute Gasteiger partial charge is 0.169 e. The molecule has 20 heavy (non-hydrogen) atoms. The van der Waals surface area contributed by atoms with E-state index in [0.29, 0.717) is 21.5 Å². The van der Waals surface area contributed by atoms with E-state index in [0.717, 1.165) is 25.7 Å². The van der Waals surface area contributed by atoms with Crippen molar-refractivity contribution in [2.75, 3.05) is 14.2 Å². The first-order valence-corrected chi connectivity index (χ1v) is 7.84. The van der Waals surface area contributed by atoms with Crippen LogP contribution >= 0.6 is 15.9 Å². The lowest BCUT2D eigenvalue weighted by atomic mass is 9.90. The number of hydrogen-bond donors (Lipinski definition) is 0. The molecule has 0 heterocycles. The molecule has 0 aliphatic heterocycles. The quantitative estimate of drug-likeness (QED) is 0.632. The SMILES string of the molecule is CCCCC(CC)C(=O)c1ccc(OC)c(Br)c1OC. The molecule has 3 nitrogen and oxygen atoms in total. The second kappa shape index (κ2) is 8.30. The molecule has 0 saturated heterocycles. The molecule has 0 bridgehead atoms. The number of unbranched alkanes of at least 4 members (excludes halogenated alkanes) is 1. The second-order valence-electron chi connectivity index (χ2n) is 4.77.